The maximum atomic E-state index is 12.8. The first kappa shape index (κ1) is 10.5. The number of carbonyl (C=O) groups is 1. The van der Waals surface area contributed by atoms with E-state index in [0.29, 0.717) is 0 Å². The van der Waals surface area contributed by atoms with Gasteiger partial charge in [0.15, 0.2) is 0 Å². The maximum Gasteiger partial charge on any atom is 0.335 e. The van der Waals surface area contributed by atoms with Gasteiger partial charge in [0.25, 0.3) is 0 Å². The summed E-state index contributed by atoms with van der Waals surface area (Å²) >= 11 is 0. The van der Waals surface area contributed by atoms with Gasteiger partial charge in [-0.15, -0.1) is 0 Å². The number of alkyl halides is 2. The molecule has 0 unspecified atom stereocenters. The minimum Gasteiger partial charge on any atom is -0.478 e. The second-order valence-electron chi connectivity index (χ2n) is 2.60. The average Bonchev–Trinajstić information content (AvgIpc) is 2.18. The molecule has 4 nitrogen and oxygen atoms in total. The van der Waals surface area contributed by atoms with Gasteiger partial charge in [-0.25, -0.2) is 4.79 Å². The van der Waals surface area contributed by atoms with Crippen LogP contribution in [0.1, 0.15) is 16.1 Å². The maximum absolute atomic E-state index is 12.8. The number of nitrogens with zero attached hydrogens (tertiary/aromatic N) is 1. The summed E-state index contributed by atoms with van der Waals surface area (Å²) < 4.78 is 25.6. The van der Waals surface area contributed by atoms with Crippen molar-refractivity contribution in [2.75, 3.05) is 6.61 Å². The Hall–Kier alpha value is -1.56. The van der Waals surface area contributed by atoms with Crippen molar-refractivity contribution in [1.29, 1.82) is 0 Å². The van der Waals surface area contributed by atoms with Gasteiger partial charge in [0, 0.05) is 6.20 Å². The molecule has 6 heteroatoms. The van der Waals surface area contributed by atoms with Crippen molar-refractivity contribution < 1.29 is 23.8 Å². The van der Waals surface area contributed by atoms with Crippen LogP contribution in [-0.4, -0.2) is 27.8 Å². The van der Waals surface area contributed by atoms with Crippen LogP contribution in [0.25, 0.3) is 0 Å². The number of aliphatic hydroxyl groups excluding tert-OH is 1. The van der Waals surface area contributed by atoms with Gasteiger partial charge in [-0.1, -0.05) is 0 Å². The lowest BCUT2D eigenvalue weighted by atomic mass is 10.1. The molecule has 1 rings (SSSR count). The van der Waals surface area contributed by atoms with Crippen molar-refractivity contribution in [3.05, 3.63) is 29.6 Å². The van der Waals surface area contributed by atoms with E-state index in [-0.39, 0.29) is 5.56 Å². The number of hydrogen-bond donors (Lipinski definition) is 2. The lowest BCUT2D eigenvalue weighted by molar-refractivity contribution is -0.0592. The fourth-order valence-corrected chi connectivity index (χ4v) is 0.845. The molecule has 1 aromatic rings. The topological polar surface area (TPSA) is 70.4 Å². The lowest BCUT2D eigenvalue weighted by Gasteiger charge is -2.12. The number of pyridine rings is 1. The molecule has 0 spiro atoms. The Morgan fingerprint density at radius 2 is 2.21 bits per heavy atom. The summed E-state index contributed by atoms with van der Waals surface area (Å²) in [5.41, 5.74) is -1.04. The third-order valence-corrected chi connectivity index (χ3v) is 1.58. The Balaban J connectivity index is 3.12. The third-order valence-electron chi connectivity index (χ3n) is 1.58. The number of aromatic carboxylic acids is 1. The van der Waals surface area contributed by atoms with Gasteiger partial charge in [-0.2, -0.15) is 8.78 Å². The van der Waals surface area contributed by atoms with Crippen LogP contribution in [0.3, 0.4) is 0 Å². The van der Waals surface area contributed by atoms with E-state index in [2.05, 4.69) is 4.98 Å². The summed E-state index contributed by atoms with van der Waals surface area (Å²) in [5, 5.41) is 16.9. The smallest absolute Gasteiger partial charge is 0.335 e. The molecule has 0 radical (unpaired) electrons. The van der Waals surface area contributed by atoms with Crippen LogP contribution in [0.2, 0.25) is 0 Å². The normalized spacial score (nSPS) is 11.4. The molecule has 76 valence electrons. The van der Waals surface area contributed by atoms with Gasteiger partial charge >= 0.3 is 11.9 Å². The highest BCUT2D eigenvalue weighted by atomic mass is 19.3. The number of halogens is 2. The second kappa shape index (κ2) is 3.67. The van der Waals surface area contributed by atoms with Gasteiger partial charge < -0.3 is 10.2 Å². The number of rotatable bonds is 3. The Morgan fingerprint density at radius 3 is 2.71 bits per heavy atom. The SMILES string of the molecule is O=C(O)c1ccnc(C(F)(F)CO)c1. The van der Waals surface area contributed by atoms with Gasteiger partial charge in [0.05, 0.1) is 5.56 Å². The fraction of sp³-hybridized carbons (Fsp3) is 0.250. The van der Waals surface area contributed by atoms with E-state index in [1.54, 1.807) is 0 Å². The number of aromatic nitrogens is 1. The Labute approximate surface area is 77.8 Å². The Morgan fingerprint density at radius 1 is 1.57 bits per heavy atom. The molecule has 0 aliphatic carbocycles. The summed E-state index contributed by atoms with van der Waals surface area (Å²) in [6, 6.07) is 1.83. The molecule has 14 heavy (non-hydrogen) atoms. The first-order chi connectivity index (χ1) is 6.47. The lowest BCUT2D eigenvalue weighted by Crippen LogP contribution is -2.20. The van der Waals surface area contributed by atoms with Crippen LogP contribution in [0.4, 0.5) is 8.78 Å². The van der Waals surface area contributed by atoms with Crippen LogP contribution in [0.5, 0.6) is 0 Å². The molecule has 0 aliphatic heterocycles. The molecule has 1 heterocycles. The molecule has 0 aliphatic rings. The van der Waals surface area contributed by atoms with Crippen molar-refractivity contribution in [1.82, 2.24) is 4.98 Å². The first-order valence-corrected chi connectivity index (χ1v) is 3.66. The van der Waals surface area contributed by atoms with Crippen molar-refractivity contribution in [3.63, 3.8) is 0 Å². The molecule has 0 bridgehead atoms. The summed E-state index contributed by atoms with van der Waals surface area (Å²) in [6.45, 7) is -1.40. The monoisotopic (exact) mass is 203 g/mol. The van der Waals surface area contributed by atoms with E-state index in [1.165, 1.54) is 0 Å². The van der Waals surface area contributed by atoms with Crippen molar-refractivity contribution >= 4 is 5.97 Å². The summed E-state index contributed by atoms with van der Waals surface area (Å²) in [6.07, 6.45) is 0.961. The molecule has 0 aromatic carbocycles. The second-order valence-corrected chi connectivity index (χ2v) is 2.60. The Kier molecular flexibility index (Phi) is 2.76. The van der Waals surface area contributed by atoms with E-state index in [4.69, 9.17) is 10.2 Å². The highest BCUT2D eigenvalue weighted by molar-refractivity contribution is 5.87. The molecular formula is C8H7F2NO3. The molecule has 0 saturated heterocycles. The van der Waals surface area contributed by atoms with E-state index in [0.717, 1.165) is 18.3 Å². The van der Waals surface area contributed by atoms with E-state index < -0.39 is 24.2 Å². The standard InChI is InChI=1S/C8H7F2NO3/c9-8(10,4-12)6-3-5(7(13)14)1-2-11-6/h1-3,12H,4H2,(H,13,14). The third kappa shape index (κ3) is 2.02. The summed E-state index contributed by atoms with van der Waals surface area (Å²) in [4.78, 5) is 13.7. The van der Waals surface area contributed by atoms with Gasteiger partial charge in [-0.05, 0) is 12.1 Å². The van der Waals surface area contributed by atoms with Crippen LogP contribution in [-0.2, 0) is 5.92 Å². The summed E-state index contributed by atoms with van der Waals surface area (Å²) in [5.74, 6) is -4.83. The molecule has 0 amide bonds. The van der Waals surface area contributed by atoms with E-state index in [9.17, 15) is 13.6 Å². The quantitative estimate of drug-likeness (QED) is 0.764. The molecule has 0 saturated carbocycles. The zero-order chi connectivity index (χ0) is 10.8. The number of hydrogen-bond acceptors (Lipinski definition) is 3. The minimum absolute atomic E-state index is 0.289. The van der Waals surface area contributed by atoms with E-state index in [1.807, 2.05) is 0 Å². The fourth-order valence-electron chi connectivity index (χ4n) is 0.845. The predicted octanol–water partition coefficient (Wildman–Crippen LogP) is 0.864. The molecule has 2 N–H and O–H groups in total. The van der Waals surface area contributed by atoms with Crippen molar-refractivity contribution in [3.8, 4) is 0 Å². The number of aliphatic hydroxyl groups is 1. The van der Waals surface area contributed by atoms with E-state index >= 15 is 0 Å². The largest absolute Gasteiger partial charge is 0.478 e. The van der Waals surface area contributed by atoms with Crippen LogP contribution in [0.15, 0.2) is 18.3 Å². The minimum atomic E-state index is -3.51. The zero-order valence-corrected chi connectivity index (χ0v) is 6.94. The van der Waals surface area contributed by atoms with Crippen LogP contribution in [0, 0.1) is 0 Å². The molecular weight excluding hydrogens is 196 g/mol. The predicted molar refractivity (Wildman–Crippen MR) is 42.2 cm³/mol. The van der Waals surface area contributed by atoms with Gasteiger partial charge in [0.2, 0.25) is 0 Å². The highest BCUT2D eigenvalue weighted by Crippen LogP contribution is 2.25. The first-order valence-electron chi connectivity index (χ1n) is 3.66. The van der Waals surface area contributed by atoms with Crippen molar-refractivity contribution in [2.45, 2.75) is 5.92 Å². The molecule has 0 fully saturated rings. The van der Waals surface area contributed by atoms with Crippen LogP contribution < -0.4 is 0 Å². The number of carboxylic acids is 1. The van der Waals surface area contributed by atoms with Crippen molar-refractivity contribution in [2.24, 2.45) is 0 Å². The Bertz CT molecular complexity index is 354. The zero-order valence-electron chi connectivity index (χ0n) is 6.94. The number of carboxylic acid groups (broad SMARTS) is 1. The van der Waals surface area contributed by atoms with Gasteiger partial charge in [0.1, 0.15) is 12.3 Å². The summed E-state index contributed by atoms with van der Waals surface area (Å²) in [7, 11) is 0. The van der Waals surface area contributed by atoms with Gasteiger partial charge in [-0.3, -0.25) is 4.98 Å². The van der Waals surface area contributed by atoms with Crippen LogP contribution >= 0.6 is 0 Å². The average molecular weight is 203 g/mol. The molecule has 0 atom stereocenters. The molecule has 1 aromatic heterocycles. The highest BCUT2D eigenvalue weighted by Gasteiger charge is 2.32.